The van der Waals surface area contributed by atoms with Crippen molar-refractivity contribution in [3.63, 3.8) is 0 Å². The number of nitrogens with zero attached hydrogens (tertiary/aromatic N) is 1. The molecule has 0 aromatic rings. The van der Waals surface area contributed by atoms with E-state index in [0.29, 0.717) is 0 Å². The van der Waals surface area contributed by atoms with Crippen molar-refractivity contribution in [3.8, 4) is 0 Å². The summed E-state index contributed by atoms with van der Waals surface area (Å²) < 4.78 is 0. The van der Waals surface area contributed by atoms with Gasteiger partial charge in [-0.3, -0.25) is 0 Å². The first-order valence-corrected chi connectivity index (χ1v) is 2.35. The Balaban J connectivity index is 3.89. The predicted molar refractivity (Wildman–Crippen MR) is 35.2 cm³/mol. The lowest BCUT2D eigenvalue weighted by Crippen LogP contribution is -1.97. The zero-order valence-corrected chi connectivity index (χ0v) is 5.18. The molecule has 0 fully saturated rings. The molecule has 4 N–H and O–H groups in total. The van der Waals surface area contributed by atoms with Gasteiger partial charge in [-0.25, -0.2) is 0 Å². The second-order valence-corrected chi connectivity index (χ2v) is 1.66. The second kappa shape index (κ2) is 3.07. The van der Waals surface area contributed by atoms with E-state index in [1.807, 2.05) is 0 Å². The fourth-order valence-corrected chi connectivity index (χ4v) is 0.367. The molecule has 0 aliphatic rings. The van der Waals surface area contributed by atoms with Crippen LogP contribution in [0.1, 0.15) is 13.8 Å². The van der Waals surface area contributed by atoms with Crippen molar-refractivity contribution in [1.29, 1.82) is 0 Å². The summed E-state index contributed by atoms with van der Waals surface area (Å²) in [6.45, 7) is 3.57. The molecule has 8 heavy (non-hydrogen) atoms. The Kier molecular flexibility index (Phi) is 2.69. The Morgan fingerprint density at radius 2 is 2.00 bits per heavy atom. The van der Waals surface area contributed by atoms with Crippen LogP contribution < -0.4 is 11.6 Å². The standard InChI is InChI=1S/C5H11N3/c1-4(6)3-5(2)8-7/h3H,6-7H2,1-2H3. The van der Waals surface area contributed by atoms with E-state index in [0.717, 1.165) is 11.4 Å². The van der Waals surface area contributed by atoms with Crippen LogP contribution in [0.15, 0.2) is 16.9 Å². The lowest BCUT2D eigenvalue weighted by atomic mass is 10.3. The molecular formula is C5H11N3. The minimum Gasteiger partial charge on any atom is -0.402 e. The van der Waals surface area contributed by atoms with Crippen molar-refractivity contribution < 1.29 is 0 Å². The average molecular weight is 113 g/mol. The van der Waals surface area contributed by atoms with Crippen molar-refractivity contribution in [2.45, 2.75) is 13.8 Å². The van der Waals surface area contributed by atoms with Gasteiger partial charge in [0, 0.05) is 5.70 Å². The maximum Gasteiger partial charge on any atom is 0.0586 e. The first-order chi connectivity index (χ1) is 3.66. The largest absolute Gasteiger partial charge is 0.402 e. The van der Waals surface area contributed by atoms with Gasteiger partial charge >= 0.3 is 0 Å². The summed E-state index contributed by atoms with van der Waals surface area (Å²) in [4.78, 5) is 0. The first-order valence-electron chi connectivity index (χ1n) is 2.35. The van der Waals surface area contributed by atoms with Crippen LogP contribution in [0.4, 0.5) is 0 Å². The van der Waals surface area contributed by atoms with E-state index in [-0.39, 0.29) is 0 Å². The maximum atomic E-state index is 5.29. The van der Waals surface area contributed by atoms with Gasteiger partial charge < -0.3 is 11.6 Å². The van der Waals surface area contributed by atoms with E-state index in [9.17, 15) is 0 Å². The fraction of sp³-hybridized carbons (Fsp3) is 0.400. The summed E-state index contributed by atoms with van der Waals surface area (Å²) in [5.74, 6) is 4.91. The van der Waals surface area contributed by atoms with Gasteiger partial charge in [0.15, 0.2) is 0 Å². The van der Waals surface area contributed by atoms with Crippen LogP contribution in [-0.2, 0) is 0 Å². The monoisotopic (exact) mass is 113 g/mol. The lowest BCUT2D eigenvalue weighted by Gasteiger charge is -1.87. The molecule has 0 saturated carbocycles. The predicted octanol–water partition coefficient (Wildman–Crippen LogP) is 0.184. The Morgan fingerprint density at radius 1 is 1.50 bits per heavy atom. The molecule has 0 heterocycles. The van der Waals surface area contributed by atoms with Crippen molar-refractivity contribution in [2.24, 2.45) is 16.7 Å². The van der Waals surface area contributed by atoms with Gasteiger partial charge in [-0.1, -0.05) is 0 Å². The van der Waals surface area contributed by atoms with Crippen LogP contribution in [0, 0.1) is 0 Å². The molecule has 0 unspecified atom stereocenters. The number of hydrogen-bond donors (Lipinski definition) is 2. The number of allylic oxidation sites excluding steroid dienone is 2. The van der Waals surface area contributed by atoms with Crippen molar-refractivity contribution >= 4 is 5.71 Å². The highest BCUT2D eigenvalue weighted by atomic mass is 15.1. The molecule has 0 spiro atoms. The fourth-order valence-electron chi connectivity index (χ4n) is 0.367. The van der Waals surface area contributed by atoms with Gasteiger partial charge in [-0.15, -0.1) is 0 Å². The molecule has 3 heteroatoms. The van der Waals surface area contributed by atoms with Crippen LogP contribution in [-0.4, -0.2) is 5.71 Å². The number of hydrazone groups is 1. The van der Waals surface area contributed by atoms with Crippen LogP contribution in [0.3, 0.4) is 0 Å². The summed E-state index contributed by atoms with van der Waals surface area (Å²) >= 11 is 0. The number of rotatable bonds is 1. The van der Waals surface area contributed by atoms with Gasteiger partial charge in [0.2, 0.25) is 0 Å². The number of hydrogen-bond acceptors (Lipinski definition) is 3. The highest BCUT2D eigenvalue weighted by Crippen LogP contribution is 1.81. The average Bonchev–Trinajstić information content (AvgIpc) is 1.65. The van der Waals surface area contributed by atoms with Gasteiger partial charge in [0.05, 0.1) is 5.71 Å². The molecule has 0 aliphatic heterocycles. The zero-order chi connectivity index (χ0) is 6.57. The van der Waals surface area contributed by atoms with E-state index in [1.54, 1.807) is 19.9 Å². The van der Waals surface area contributed by atoms with Crippen molar-refractivity contribution in [1.82, 2.24) is 0 Å². The molecule has 0 bridgehead atoms. The minimum atomic E-state index is 0.719. The quantitative estimate of drug-likeness (QED) is 0.289. The van der Waals surface area contributed by atoms with Gasteiger partial charge in [0.25, 0.3) is 0 Å². The molecule has 0 radical (unpaired) electrons. The van der Waals surface area contributed by atoms with Crippen LogP contribution in [0.25, 0.3) is 0 Å². The summed E-state index contributed by atoms with van der Waals surface area (Å²) in [5.41, 5.74) is 6.75. The first kappa shape index (κ1) is 7.01. The number of nitrogens with two attached hydrogens (primary N) is 2. The summed E-state index contributed by atoms with van der Waals surface area (Å²) in [5, 5.41) is 3.39. The highest BCUT2D eigenvalue weighted by molar-refractivity contribution is 5.92. The molecule has 3 nitrogen and oxygen atoms in total. The van der Waals surface area contributed by atoms with Crippen molar-refractivity contribution in [3.05, 3.63) is 11.8 Å². The van der Waals surface area contributed by atoms with Gasteiger partial charge in [-0.05, 0) is 19.9 Å². The Hall–Kier alpha value is -0.990. The molecule has 0 aromatic carbocycles. The Morgan fingerprint density at radius 3 is 2.12 bits per heavy atom. The minimum absolute atomic E-state index is 0.719. The van der Waals surface area contributed by atoms with E-state index in [2.05, 4.69) is 5.10 Å². The van der Waals surface area contributed by atoms with E-state index < -0.39 is 0 Å². The third-order valence-electron chi connectivity index (χ3n) is 0.640. The van der Waals surface area contributed by atoms with E-state index >= 15 is 0 Å². The van der Waals surface area contributed by atoms with Crippen LogP contribution in [0.5, 0.6) is 0 Å². The van der Waals surface area contributed by atoms with Crippen molar-refractivity contribution in [2.75, 3.05) is 0 Å². The zero-order valence-electron chi connectivity index (χ0n) is 5.18. The maximum absolute atomic E-state index is 5.29. The molecule has 0 atom stereocenters. The highest BCUT2D eigenvalue weighted by Gasteiger charge is 1.80. The normalized spacial score (nSPS) is 14.2. The van der Waals surface area contributed by atoms with Crippen LogP contribution >= 0.6 is 0 Å². The molecule has 0 aromatic heterocycles. The molecule has 0 saturated heterocycles. The van der Waals surface area contributed by atoms with Crippen LogP contribution in [0.2, 0.25) is 0 Å². The third kappa shape index (κ3) is 3.21. The smallest absolute Gasteiger partial charge is 0.0586 e. The lowest BCUT2D eigenvalue weighted by molar-refractivity contribution is 1.23. The second-order valence-electron chi connectivity index (χ2n) is 1.66. The van der Waals surface area contributed by atoms with E-state index in [4.69, 9.17) is 11.6 Å². The molecular weight excluding hydrogens is 102 g/mol. The van der Waals surface area contributed by atoms with E-state index in [1.165, 1.54) is 0 Å². The third-order valence-corrected chi connectivity index (χ3v) is 0.640. The summed E-state index contributed by atoms with van der Waals surface area (Å²) in [6, 6.07) is 0. The van der Waals surface area contributed by atoms with Gasteiger partial charge in [-0.2, -0.15) is 5.10 Å². The topological polar surface area (TPSA) is 64.4 Å². The molecule has 0 rings (SSSR count). The Bertz CT molecular complexity index is 120. The molecule has 46 valence electrons. The molecule has 0 amide bonds. The Labute approximate surface area is 49.1 Å². The SMILES string of the molecule is CC(N)=CC(C)=NN. The summed E-state index contributed by atoms with van der Waals surface area (Å²) in [6.07, 6.45) is 1.71. The van der Waals surface area contributed by atoms with Gasteiger partial charge in [0.1, 0.15) is 0 Å². The molecule has 0 aliphatic carbocycles. The summed E-state index contributed by atoms with van der Waals surface area (Å²) in [7, 11) is 0.